The highest BCUT2D eigenvalue weighted by molar-refractivity contribution is 5.85. The molecule has 1 N–H and O–H groups in total. The van der Waals surface area contributed by atoms with Crippen LogP contribution in [0.5, 0.6) is 0 Å². The average molecular weight is 292 g/mol. The van der Waals surface area contributed by atoms with E-state index in [0.717, 1.165) is 25.0 Å². The number of carbonyl (C=O) groups excluding carboxylic acids is 1. The Balaban J connectivity index is 1.78. The van der Waals surface area contributed by atoms with Gasteiger partial charge in [-0.1, -0.05) is 11.6 Å². The number of aryl methyl sites for hydroxylation is 1. The van der Waals surface area contributed by atoms with Crippen LogP contribution in [0.1, 0.15) is 49.6 Å². The van der Waals surface area contributed by atoms with E-state index in [0.29, 0.717) is 25.1 Å². The van der Waals surface area contributed by atoms with E-state index < -0.39 is 11.9 Å². The average Bonchev–Trinajstić information content (AvgIpc) is 3.17. The van der Waals surface area contributed by atoms with Crippen molar-refractivity contribution in [1.82, 2.24) is 10.1 Å². The molecule has 1 saturated carbocycles. The fourth-order valence-electron chi connectivity index (χ4n) is 3.63. The molecule has 21 heavy (non-hydrogen) atoms. The Bertz CT molecular complexity index is 554. The van der Waals surface area contributed by atoms with Crippen molar-refractivity contribution in [2.24, 2.45) is 11.8 Å². The van der Waals surface area contributed by atoms with Gasteiger partial charge in [-0.05, 0) is 32.6 Å². The fraction of sp³-hybridized carbons (Fsp3) is 0.667. The first-order valence-corrected chi connectivity index (χ1v) is 7.54. The van der Waals surface area contributed by atoms with E-state index in [1.54, 1.807) is 4.90 Å². The van der Waals surface area contributed by atoms with Gasteiger partial charge in [-0.3, -0.25) is 9.59 Å². The second-order valence-electron chi connectivity index (χ2n) is 6.04. The summed E-state index contributed by atoms with van der Waals surface area (Å²) in [5, 5.41) is 13.2. The second-order valence-corrected chi connectivity index (χ2v) is 6.04. The molecule has 3 rings (SSSR count). The van der Waals surface area contributed by atoms with Crippen molar-refractivity contribution in [3.05, 3.63) is 17.5 Å². The first kappa shape index (κ1) is 14.1. The van der Waals surface area contributed by atoms with Gasteiger partial charge in [0.25, 0.3) is 0 Å². The minimum atomic E-state index is -0.850. The zero-order valence-electron chi connectivity index (χ0n) is 12.1. The van der Waals surface area contributed by atoms with Gasteiger partial charge in [-0.2, -0.15) is 0 Å². The highest BCUT2D eigenvalue weighted by Crippen LogP contribution is 2.39. The number of aliphatic carboxylic acids is 1. The Morgan fingerprint density at radius 1 is 1.29 bits per heavy atom. The molecule has 1 aromatic heterocycles. The molecule has 6 heteroatoms. The molecule has 0 radical (unpaired) electrons. The van der Waals surface area contributed by atoms with E-state index in [-0.39, 0.29) is 17.9 Å². The van der Waals surface area contributed by atoms with Gasteiger partial charge in [0.1, 0.15) is 0 Å². The highest BCUT2D eigenvalue weighted by Gasteiger charge is 2.43. The van der Waals surface area contributed by atoms with Crippen molar-refractivity contribution in [1.29, 1.82) is 0 Å². The van der Waals surface area contributed by atoms with Crippen LogP contribution in [-0.4, -0.2) is 33.6 Å². The molecule has 2 fully saturated rings. The topological polar surface area (TPSA) is 83.6 Å². The molecule has 1 aromatic rings. The Morgan fingerprint density at radius 3 is 2.71 bits per heavy atom. The second kappa shape index (κ2) is 5.50. The van der Waals surface area contributed by atoms with Gasteiger partial charge in [0.15, 0.2) is 5.76 Å². The van der Waals surface area contributed by atoms with E-state index in [9.17, 15) is 14.7 Å². The van der Waals surface area contributed by atoms with Crippen LogP contribution >= 0.6 is 0 Å². The van der Waals surface area contributed by atoms with Gasteiger partial charge in [0.05, 0.1) is 23.6 Å². The number of carboxylic acid groups (broad SMARTS) is 1. The molecule has 1 aliphatic carbocycles. The maximum atomic E-state index is 12.8. The van der Waals surface area contributed by atoms with Crippen molar-refractivity contribution in [2.45, 2.75) is 45.1 Å². The number of amides is 1. The Hall–Kier alpha value is -1.85. The summed E-state index contributed by atoms with van der Waals surface area (Å²) >= 11 is 0. The predicted molar refractivity (Wildman–Crippen MR) is 73.4 cm³/mol. The van der Waals surface area contributed by atoms with E-state index >= 15 is 0 Å². The van der Waals surface area contributed by atoms with E-state index in [4.69, 9.17) is 4.52 Å². The number of likely N-dealkylation sites (tertiary alicyclic amines) is 1. The standard InChI is InChI=1S/C15H20N2O4/c1-9-8-13(21-16-9)12-6-3-7-17(12)14(18)10-4-2-5-11(10)15(19)20/h8,10-12H,2-7H2,1H3,(H,19,20). The molecule has 0 spiro atoms. The maximum Gasteiger partial charge on any atom is 0.307 e. The van der Waals surface area contributed by atoms with Gasteiger partial charge >= 0.3 is 5.97 Å². The van der Waals surface area contributed by atoms with E-state index in [1.807, 2.05) is 13.0 Å². The Kier molecular flexibility index (Phi) is 3.69. The number of carboxylic acids is 1. The molecule has 2 aliphatic rings. The normalized spacial score (nSPS) is 29.0. The van der Waals surface area contributed by atoms with Gasteiger partial charge in [0.2, 0.25) is 5.91 Å². The molecule has 1 aliphatic heterocycles. The van der Waals surface area contributed by atoms with Gasteiger partial charge < -0.3 is 14.5 Å². The Morgan fingerprint density at radius 2 is 2.05 bits per heavy atom. The lowest BCUT2D eigenvalue weighted by Crippen LogP contribution is -2.38. The monoisotopic (exact) mass is 292 g/mol. The largest absolute Gasteiger partial charge is 0.481 e. The van der Waals surface area contributed by atoms with Crippen molar-refractivity contribution in [2.75, 3.05) is 6.54 Å². The van der Waals surface area contributed by atoms with Crippen LogP contribution < -0.4 is 0 Å². The summed E-state index contributed by atoms with van der Waals surface area (Å²) in [6.45, 7) is 2.53. The van der Waals surface area contributed by atoms with Crippen LogP contribution in [-0.2, 0) is 9.59 Å². The molecule has 3 unspecified atom stereocenters. The number of hydrogen-bond donors (Lipinski definition) is 1. The molecule has 1 amide bonds. The molecule has 0 aromatic carbocycles. The predicted octanol–water partition coefficient (Wildman–Crippen LogP) is 2.15. The third-order valence-electron chi connectivity index (χ3n) is 4.66. The van der Waals surface area contributed by atoms with Crippen molar-refractivity contribution >= 4 is 11.9 Å². The summed E-state index contributed by atoms with van der Waals surface area (Å²) in [5.41, 5.74) is 0.800. The van der Waals surface area contributed by atoms with Crippen molar-refractivity contribution in [3.8, 4) is 0 Å². The first-order chi connectivity index (χ1) is 10.1. The van der Waals surface area contributed by atoms with Crippen molar-refractivity contribution < 1.29 is 19.2 Å². The zero-order chi connectivity index (χ0) is 15.0. The molecule has 6 nitrogen and oxygen atoms in total. The SMILES string of the molecule is Cc1cc(C2CCCN2C(=O)C2CCCC2C(=O)O)on1. The van der Waals surface area contributed by atoms with Crippen LogP contribution in [0.2, 0.25) is 0 Å². The molecule has 114 valence electrons. The first-order valence-electron chi connectivity index (χ1n) is 7.54. The van der Waals surface area contributed by atoms with Crippen LogP contribution in [0, 0.1) is 18.8 Å². The number of rotatable bonds is 3. The van der Waals surface area contributed by atoms with Crippen molar-refractivity contribution in [3.63, 3.8) is 0 Å². The third kappa shape index (κ3) is 2.54. The molecule has 2 heterocycles. The fourth-order valence-corrected chi connectivity index (χ4v) is 3.63. The van der Waals surface area contributed by atoms with Crippen LogP contribution in [0.25, 0.3) is 0 Å². The van der Waals surface area contributed by atoms with Crippen LogP contribution in [0.15, 0.2) is 10.6 Å². The smallest absolute Gasteiger partial charge is 0.307 e. The summed E-state index contributed by atoms with van der Waals surface area (Å²) in [4.78, 5) is 25.8. The number of aromatic nitrogens is 1. The summed E-state index contributed by atoms with van der Waals surface area (Å²) in [5.74, 6) is -1.08. The summed E-state index contributed by atoms with van der Waals surface area (Å²) < 4.78 is 5.31. The highest BCUT2D eigenvalue weighted by atomic mass is 16.5. The van der Waals surface area contributed by atoms with Crippen LogP contribution in [0.3, 0.4) is 0 Å². The molecule has 0 bridgehead atoms. The summed E-state index contributed by atoms with van der Waals surface area (Å²) in [6, 6.07) is 1.77. The van der Waals surface area contributed by atoms with Gasteiger partial charge in [-0.25, -0.2) is 0 Å². The quantitative estimate of drug-likeness (QED) is 0.922. The minimum Gasteiger partial charge on any atom is -0.481 e. The van der Waals surface area contributed by atoms with Gasteiger partial charge in [0, 0.05) is 12.6 Å². The van der Waals surface area contributed by atoms with Gasteiger partial charge in [-0.15, -0.1) is 0 Å². The number of carbonyl (C=O) groups is 2. The number of hydrogen-bond acceptors (Lipinski definition) is 4. The zero-order valence-corrected chi connectivity index (χ0v) is 12.1. The molecule has 3 atom stereocenters. The maximum absolute atomic E-state index is 12.8. The molecular weight excluding hydrogens is 272 g/mol. The van der Waals surface area contributed by atoms with E-state index in [1.165, 1.54) is 0 Å². The number of nitrogens with zero attached hydrogens (tertiary/aromatic N) is 2. The van der Waals surface area contributed by atoms with Crippen LogP contribution in [0.4, 0.5) is 0 Å². The lowest BCUT2D eigenvalue weighted by Gasteiger charge is -2.27. The third-order valence-corrected chi connectivity index (χ3v) is 4.66. The summed E-state index contributed by atoms with van der Waals surface area (Å²) in [6.07, 6.45) is 3.86. The molecular formula is C15H20N2O4. The minimum absolute atomic E-state index is 0.0311. The molecule has 1 saturated heterocycles. The van der Waals surface area contributed by atoms with E-state index in [2.05, 4.69) is 5.16 Å². The summed E-state index contributed by atoms with van der Waals surface area (Å²) in [7, 11) is 0. The Labute approximate surface area is 123 Å². The lowest BCUT2D eigenvalue weighted by atomic mass is 9.94. The lowest BCUT2D eigenvalue weighted by molar-refractivity contribution is -0.149.